The van der Waals surface area contributed by atoms with Crippen LogP contribution < -0.4 is 5.32 Å². The molecule has 0 saturated heterocycles. The summed E-state index contributed by atoms with van der Waals surface area (Å²) in [7, 11) is 0. The van der Waals surface area contributed by atoms with E-state index in [1.165, 1.54) is 11.9 Å². The summed E-state index contributed by atoms with van der Waals surface area (Å²) in [5, 5.41) is 3.31. The first-order valence-electron chi connectivity index (χ1n) is 5.97. The molecular formula is C14H13N3O. The number of carbonyl (C=O) groups excluding carboxylic acids is 1. The fraction of sp³-hybridized carbons (Fsp3) is 0.214. The van der Waals surface area contributed by atoms with Crippen LogP contribution in [0.2, 0.25) is 0 Å². The van der Waals surface area contributed by atoms with Crippen molar-refractivity contribution in [3.05, 3.63) is 59.2 Å². The van der Waals surface area contributed by atoms with E-state index in [0.717, 1.165) is 30.6 Å². The lowest BCUT2D eigenvalue weighted by molar-refractivity contribution is 0.103. The Morgan fingerprint density at radius 1 is 1.22 bits per heavy atom. The van der Waals surface area contributed by atoms with Crippen LogP contribution in [0.15, 0.2) is 36.9 Å². The smallest absolute Gasteiger partial charge is 0.196 e. The van der Waals surface area contributed by atoms with Crippen molar-refractivity contribution < 1.29 is 4.79 Å². The summed E-state index contributed by atoms with van der Waals surface area (Å²) < 4.78 is 0. The Bertz CT molecular complexity index is 581. The number of rotatable bonds is 2. The first-order valence-corrected chi connectivity index (χ1v) is 5.97. The van der Waals surface area contributed by atoms with Crippen LogP contribution in [0, 0.1) is 0 Å². The van der Waals surface area contributed by atoms with Crippen molar-refractivity contribution in [2.24, 2.45) is 0 Å². The van der Waals surface area contributed by atoms with E-state index >= 15 is 0 Å². The highest BCUT2D eigenvalue weighted by Gasteiger charge is 2.18. The molecular weight excluding hydrogens is 226 g/mol. The molecule has 1 N–H and O–H groups in total. The molecule has 1 aromatic heterocycles. The monoisotopic (exact) mass is 239 g/mol. The maximum atomic E-state index is 12.4. The van der Waals surface area contributed by atoms with Crippen LogP contribution in [-0.4, -0.2) is 22.3 Å². The summed E-state index contributed by atoms with van der Waals surface area (Å²) in [6, 6.07) is 5.89. The van der Waals surface area contributed by atoms with Gasteiger partial charge in [0.25, 0.3) is 0 Å². The summed E-state index contributed by atoms with van der Waals surface area (Å²) in [5.41, 5.74) is 3.70. The van der Waals surface area contributed by atoms with Gasteiger partial charge in [-0.25, -0.2) is 9.97 Å². The molecule has 0 fully saturated rings. The van der Waals surface area contributed by atoms with E-state index in [4.69, 9.17) is 0 Å². The predicted molar refractivity (Wildman–Crippen MR) is 67.3 cm³/mol. The molecule has 0 amide bonds. The number of nitrogens with zero attached hydrogens (tertiary/aromatic N) is 2. The predicted octanol–water partition coefficient (Wildman–Crippen LogP) is 1.35. The van der Waals surface area contributed by atoms with Crippen LogP contribution in [0.25, 0.3) is 0 Å². The number of aromatic nitrogens is 2. The summed E-state index contributed by atoms with van der Waals surface area (Å²) in [6.07, 6.45) is 5.46. The minimum absolute atomic E-state index is 0.00866. The van der Waals surface area contributed by atoms with Crippen molar-refractivity contribution in [3.63, 3.8) is 0 Å². The number of ketones is 1. The number of hydrogen-bond donors (Lipinski definition) is 1. The first-order chi connectivity index (χ1) is 8.86. The molecule has 18 heavy (non-hydrogen) atoms. The lowest BCUT2D eigenvalue weighted by Gasteiger charge is -2.19. The highest BCUT2D eigenvalue weighted by atomic mass is 16.1. The van der Waals surface area contributed by atoms with Gasteiger partial charge in [0.2, 0.25) is 0 Å². The third-order valence-electron chi connectivity index (χ3n) is 3.21. The van der Waals surface area contributed by atoms with Crippen molar-refractivity contribution >= 4 is 5.78 Å². The van der Waals surface area contributed by atoms with Crippen molar-refractivity contribution in [1.29, 1.82) is 0 Å². The normalized spacial score (nSPS) is 14.0. The average Bonchev–Trinajstić information content (AvgIpc) is 2.47. The molecule has 4 heteroatoms. The fourth-order valence-corrected chi connectivity index (χ4v) is 2.32. The van der Waals surface area contributed by atoms with Crippen LogP contribution in [0.4, 0.5) is 0 Å². The molecule has 0 atom stereocenters. The Labute approximate surface area is 105 Å². The van der Waals surface area contributed by atoms with Crippen molar-refractivity contribution in [2.75, 3.05) is 6.54 Å². The van der Waals surface area contributed by atoms with E-state index in [1.807, 2.05) is 12.1 Å². The van der Waals surface area contributed by atoms with Gasteiger partial charge in [-0.15, -0.1) is 0 Å². The summed E-state index contributed by atoms with van der Waals surface area (Å²) >= 11 is 0. The molecule has 0 unspecified atom stereocenters. The molecule has 1 aliphatic heterocycles. The maximum absolute atomic E-state index is 12.4. The second-order valence-corrected chi connectivity index (χ2v) is 4.33. The second-order valence-electron chi connectivity index (χ2n) is 4.33. The van der Waals surface area contributed by atoms with Gasteiger partial charge in [0.1, 0.15) is 6.33 Å². The Morgan fingerprint density at radius 3 is 2.89 bits per heavy atom. The number of hydrogen-bond acceptors (Lipinski definition) is 4. The van der Waals surface area contributed by atoms with Crippen LogP contribution in [-0.2, 0) is 13.0 Å². The molecule has 0 radical (unpaired) electrons. The van der Waals surface area contributed by atoms with Crippen LogP contribution in [0.5, 0.6) is 0 Å². The maximum Gasteiger partial charge on any atom is 0.196 e. The van der Waals surface area contributed by atoms with Crippen molar-refractivity contribution in [1.82, 2.24) is 15.3 Å². The number of carbonyl (C=O) groups is 1. The minimum atomic E-state index is 0.00866. The van der Waals surface area contributed by atoms with Crippen molar-refractivity contribution in [2.45, 2.75) is 13.0 Å². The van der Waals surface area contributed by atoms with Gasteiger partial charge < -0.3 is 5.32 Å². The van der Waals surface area contributed by atoms with Gasteiger partial charge in [-0.2, -0.15) is 0 Å². The van der Waals surface area contributed by atoms with Gasteiger partial charge in [-0.3, -0.25) is 4.79 Å². The van der Waals surface area contributed by atoms with E-state index in [0.29, 0.717) is 5.56 Å². The zero-order valence-electron chi connectivity index (χ0n) is 9.89. The zero-order chi connectivity index (χ0) is 12.4. The Kier molecular flexibility index (Phi) is 2.86. The SMILES string of the molecule is O=C(c1cncnc1)c1cccc2c1CCNC2. The van der Waals surface area contributed by atoms with Gasteiger partial charge in [0.15, 0.2) is 5.78 Å². The molecule has 1 aliphatic rings. The van der Waals surface area contributed by atoms with Gasteiger partial charge in [0.05, 0.1) is 5.56 Å². The number of benzene rings is 1. The van der Waals surface area contributed by atoms with Crippen LogP contribution in [0.1, 0.15) is 27.0 Å². The molecule has 1 aromatic carbocycles. The van der Waals surface area contributed by atoms with Gasteiger partial charge >= 0.3 is 0 Å². The second kappa shape index (κ2) is 4.66. The molecule has 0 spiro atoms. The summed E-state index contributed by atoms with van der Waals surface area (Å²) in [6.45, 7) is 1.75. The third kappa shape index (κ3) is 1.91. The quantitative estimate of drug-likeness (QED) is 0.804. The molecule has 90 valence electrons. The van der Waals surface area contributed by atoms with Gasteiger partial charge in [-0.1, -0.05) is 18.2 Å². The fourth-order valence-electron chi connectivity index (χ4n) is 2.32. The third-order valence-corrected chi connectivity index (χ3v) is 3.21. The first kappa shape index (κ1) is 11.0. The van der Waals surface area contributed by atoms with Gasteiger partial charge in [-0.05, 0) is 24.1 Å². The summed E-state index contributed by atoms with van der Waals surface area (Å²) in [5.74, 6) is 0.00866. The zero-order valence-corrected chi connectivity index (χ0v) is 9.89. The Balaban J connectivity index is 2.05. The van der Waals surface area contributed by atoms with Crippen molar-refractivity contribution in [3.8, 4) is 0 Å². The Hall–Kier alpha value is -2.07. The highest BCUT2D eigenvalue weighted by molar-refractivity contribution is 6.09. The lowest BCUT2D eigenvalue weighted by Crippen LogP contribution is -2.25. The Morgan fingerprint density at radius 2 is 2.06 bits per heavy atom. The van der Waals surface area contributed by atoms with E-state index in [-0.39, 0.29) is 5.78 Å². The lowest BCUT2D eigenvalue weighted by atomic mass is 9.92. The van der Waals surface area contributed by atoms with Crippen LogP contribution >= 0.6 is 0 Å². The number of fused-ring (bicyclic) bond motifs is 1. The summed E-state index contributed by atoms with van der Waals surface area (Å²) in [4.78, 5) is 20.2. The largest absolute Gasteiger partial charge is 0.312 e. The number of nitrogens with one attached hydrogen (secondary N) is 1. The average molecular weight is 239 g/mol. The van der Waals surface area contributed by atoms with E-state index in [1.54, 1.807) is 12.4 Å². The van der Waals surface area contributed by atoms with Crippen LogP contribution in [0.3, 0.4) is 0 Å². The van der Waals surface area contributed by atoms with Gasteiger partial charge in [0, 0.05) is 24.5 Å². The minimum Gasteiger partial charge on any atom is -0.312 e. The highest BCUT2D eigenvalue weighted by Crippen LogP contribution is 2.21. The topological polar surface area (TPSA) is 54.9 Å². The van der Waals surface area contributed by atoms with E-state index < -0.39 is 0 Å². The molecule has 0 aliphatic carbocycles. The van der Waals surface area contributed by atoms with E-state index in [9.17, 15) is 4.79 Å². The van der Waals surface area contributed by atoms with E-state index in [2.05, 4.69) is 21.4 Å². The molecule has 3 rings (SSSR count). The molecule has 0 saturated carbocycles. The molecule has 2 heterocycles. The molecule has 2 aromatic rings. The molecule has 0 bridgehead atoms. The molecule has 4 nitrogen and oxygen atoms in total. The standard InChI is InChI=1S/C14H13N3O/c18-14(11-7-16-9-17-8-11)13-3-1-2-10-6-15-5-4-12(10)13/h1-3,7-9,15H,4-6H2.